The molecule has 0 spiro atoms. The molecule has 1 saturated heterocycles. The van der Waals surface area contributed by atoms with E-state index in [1.54, 1.807) is 23.3 Å². The first-order chi connectivity index (χ1) is 13.7. The third-order valence-electron chi connectivity index (χ3n) is 4.65. The van der Waals surface area contributed by atoms with Gasteiger partial charge in [0.1, 0.15) is 24.5 Å². The number of morpholine rings is 1. The van der Waals surface area contributed by atoms with E-state index in [9.17, 15) is 9.59 Å². The first-order valence-electron chi connectivity index (χ1n) is 9.48. The molecule has 2 aromatic rings. The largest absolute Gasteiger partial charge is 0.467 e. The molecule has 9 heteroatoms. The maximum atomic E-state index is 12.8. The topological polar surface area (TPSA) is 102 Å². The summed E-state index contributed by atoms with van der Waals surface area (Å²) in [6.45, 7) is 5.35. The van der Waals surface area contributed by atoms with Gasteiger partial charge in [-0.2, -0.15) is 0 Å². The minimum absolute atomic E-state index is 0.132. The Bertz CT molecular complexity index is 732. The molecule has 1 aliphatic heterocycles. The fourth-order valence-corrected chi connectivity index (χ4v) is 3.01. The van der Waals surface area contributed by atoms with E-state index in [0.29, 0.717) is 25.4 Å². The van der Waals surface area contributed by atoms with Crippen LogP contribution in [0.2, 0.25) is 0 Å². The van der Waals surface area contributed by atoms with Crippen molar-refractivity contribution >= 4 is 11.8 Å². The molecule has 0 aliphatic carbocycles. The number of hydrogen-bond acceptors (Lipinski definition) is 6. The fraction of sp³-hybridized carbons (Fsp3) is 0.474. The Labute approximate surface area is 163 Å². The Kier molecular flexibility index (Phi) is 7.51. The van der Waals surface area contributed by atoms with Crippen molar-refractivity contribution in [2.24, 2.45) is 0 Å². The Morgan fingerprint density at radius 1 is 1.21 bits per heavy atom. The quantitative estimate of drug-likeness (QED) is 0.579. The van der Waals surface area contributed by atoms with Gasteiger partial charge in [-0.15, -0.1) is 0 Å². The number of carbonyl (C=O) groups excluding carboxylic acids is 2. The van der Waals surface area contributed by atoms with Gasteiger partial charge in [-0.1, -0.05) is 0 Å². The van der Waals surface area contributed by atoms with Crippen LogP contribution in [0, 0.1) is 0 Å². The summed E-state index contributed by atoms with van der Waals surface area (Å²) in [7, 11) is 0. The number of amides is 2. The number of furan rings is 1. The summed E-state index contributed by atoms with van der Waals surface area (Å²) in [5.41, 5.74) is 0.287. The standard InChI is InChI=1S/C19H25N5O4/c25-18(22-14-16-2-1-11-28-16)3-6-24(8-7-23-9-12-27-13-10-23)19(26)17-15-20-4-5-21-17/h1-2,4-5,11,15H,3,6-10,12-14H2,(H,22,25)/p+1. The Morgan fingerprint density at radius 2 is 2.07 bits per heavy atom. The average molecular weight is 388 g/mol. The van der Waals surface area contributed by atoms with E-state index >= 15 is 0 Å². The van der Waals surface area contributed by atoms with Crippen LogP contribution >= 0.6 is 0 Å². The van der Waals surface area contributed by atoms with Crippen LogP contribution in [0.1, 0.15) is 22.7 Å². The monoisotopic (exact) mass is 388 g/mol. The first kappa shape index (κ1) is 20.0. The molecule has 0 bridgehead atoms. The number of rotatable bonds is 9. The molecule has 150 valence electrons. The average Bonchev–Trinajstić information content (AvgIpc) is 3.27. The van der Waals surface area contributed by atoms with Crippen molar-refractivity contribution < 1.29 is 23.6 Å². The van der Waals surface area contributed by atoms with Crippen molar-refractivity contribution in [1.82, 2.24) is 20.2 Å². The Morgan fingerprint density at radius 3 is 2.79 bits per heavy atom. The minimum Gasteiger partial charge on any atom is -0.467 e. The van der Waals surface area contributed by atoms with E-state index in [0.717, 1.165) is 32.8 Å². The lowest BCUT2D eigenvalue weighted by molar-refractivity contribution is -0.907. The van der Waals surface area contributed by atoms with E-state index in [2.05, 4.69) is 15.3 Å². The molecule has 0 saturated carbocycles. The summed E-state index contributed by atoms with van der Waals surface area (Å²) in [5, 5.41) is 2.80. The molecule has 3 heterocycles. The van der Waals surface area contributed by atoms with Crippen molar-refractivity contribution in [2.45, 2.75) is 13.0 Å². The van der Waals surface area contributed by atoms with Crippen LogP contribution in [0.5, 0.6) is 0 Å². The Hall–Kier alpha value is -2.78. The highest BCUT2D eigenvalue weighted by molar-refractivity contribution is 5.92. The number of nitrogens with one attached hydrogen (secondary N) is 2. The van der Waals surface area contributed by atoms with E-state index < -0.39 is 0 Å². The molecular formula is C19H26N5O4+. The third-order valence-corrected chi connectivity index (χ3v) is 4.65. The van der Waals surface area contributed by atoms with Crippen molar-refractivity contribution in [3.05, 3.63) is 48.4 Å². The normalized spacial score (nSPS) is 14.6. The fourth-order valence-electron chi connectivity index (χ4n) is 3.01. The van der Waals surface area contributed by atoms with Crippen LogP contribution in [0.4, 0.5) is 0 Å². The molecule has 9 nitrogen and oxygen atoms in total. The number of hydrogen-bond donors (Lipinski definition) is 2. The van der Waals surface area contributed by atoms with Gasteiger partial charge in [0, 0.05) is 25.4 Å². The van der Waals surface area contributed by atoms with E-state index in [1.807, 2.05) is 0 Å². The van der Waals surface area contributed by atoms with Crippen molar-refractivity contribution in [3.8, 4) is 0 Å². The number of aromatic nitrogens is 2. The maximum Gasteiger partial charge on any atom is 0.274 e. The summed E-state index contributed by atoms with van der Waals surface area (Å²) in [5.74, 6) is 0.350. The molecular weight excluding hydrogens is 362 g/mol. The van der Waals surface area contributed by atoms with Crippen LogP contribution in [0.3, 0.4) is 0 Å². The molecule has 0 aromatic carbocycles. The van der Waals surface area contributed by atoms with Crippen molar-refractivity contribution in [1.29, 1.82) is 0 Å². The molecule has 1 aliphatic rings. The molecule has 2 amide bonds. The third kappa shape index (κ3) is 6.14. The van der Waals surface area contributed by atoms with E-state index in [1.165, 1.54) is 23.5 Å². The molecule has 1 fully saturated rings. The lowest BCUT2D eigenvalue weighted by Crippen LogP contribution is -3.14. The lowest BCUT2D eigenvalue weighted by atomic mass is 10.3. The smallest absolute Gasteiger partial charge is 0.274 e. The van der Waals surface area contributed by atoms with Gasteiger partial charge >= 0.3 is 0 Å². The van der Waals surface area contributed by atoms with E-state index in [4.69, 9.17) is 9.15 Å². The second kappa shape index (κ2) is 10.5. The first-order valence-corrected chi connectivity index (χ1v) is 9.48. The van der Waals surface area contributed by atoms with Gasteiger partial charge in [0.05, 0.1) is 45.3 Å². The zero-order chi connectivity index (χ0) is 19.6. The summed E-state index contributed by atoms with van der Waals surface area (Å²) < 4.78 is 10.6. The highest BCUT2D eigenvalue weighted by atomic mass is 16.5. The van der Waals surface area contributed by atoms with Crippen LogP contribution in [0.25, 0.3) is 0 Å². The van der Waals surface area contributed by atoms with Crippen molar-refractivity contribution in [2.75, 3.05) is 45.9 Å². The molecule has 3 rings (SSSR count). The minimum atomic E-state index is -0.209. The summed E-state index contributed by atoms with van der Waals surface area (Å²) in [4.78, 5) is 36.1. The van der Waals surface area contributed by atoms with E-state index in [-0.39, 0.29) is 23.9 Å². The zero-order valence-corrected chi connectivity index (χ0v) is 15.8. The number of quaternary nitrogens is 1. The second-order valence-electron chi connectivity index (χ2n) is 6.60. The highest BCUT2D eigenvalue weighted by Crippen LogP contribution is 2.02. The molecule has 0 radical (unpaired) electrons. The van der Waals surface area contributed by atoms with Crippen LogP contribution in [-0.2, 0) is 16.1 Å². The van der Waals surface area contributed by atoms with Gasteiger partial charge in [0.25, 0.3) is 5.91 Å². The Balaban J connectivity index is 1.53. The molecule has 28 heavy (non-hydrogen) atoms. The van der Waals surface area contributed by atoms with Gasteiger partial charge in [-0.3, -0.25) is 14.6 Å². The van der Waals surface area contributed by atoms with Crippen molar-refractivity contribution in [3.63, 3.8) is 0 Å². The molecule has 2 N–H and O–H groups in total. The summed E-state index contributed by atoms with van der Waals surface area (Å²) >= 11 is 0. The number of ether oxygens (including phenoxy) is 1. The second-order valence-corrected chi connectivity index (χ2v) is 6.60. The van der Waals surface area contributed by atoms with Crippen LogP contribution < -0.4 is 10.2 Å². The van der Waals surface area contributed by atoms with Crippen LogP contribution in [-0.4, -0.2) is 72.6 Å². The SMILES string of the molecule is O=C(CCN(CC[NH+]1CCOCC1)C(=O)c1cnccn1)NCc1ccco1. The van der Waals surface area contributed by atoms with Crippen LogP contribution in [0.15, 0.2) is 41.4 Å². The predicted octanol–water partition coefficient (Wildman–Crippen LogP) is -0.867. The maximum absolute atomic E-state index is 12.8. The van der Waals surface area contributed by atoms with Gasteiger partial charge in [0.2, 0.25) is 5.91 Å². The zero-order valence-electron chi connectivity index (χ0n) is 15.8. The van der Waals surface area contributed by atoms with Gasteiger partial charge in [0.15, 0.2) is 0 Å². The summed E-state index contributed by atoms with van der Waals surface area (Å²) in [6, 6.07) is 3.58. The molecule has 2 aromatic heterocycles. The highest BCUT2D eigenvalue weighted by Gasteiger charge is 2.21. The summed E-state index contributed by atoms with van der Waals surface area (Å²) in [6.07, 6.45) is 6.26. The lowest BCUT2D eigenvalue weighted by Gasteiger charge is -2.27. The van der Waals surface area contributed by atoms with Gasteiger partial charge < -0.3 is 24.3 Å². The van der Waals surface area contributed by atoms with Gasteiger partial charge in [-0.25, -0.2) is 4.98 Å². The molecule has 0 unspecified atom stereocenters. The number of carbonyl (C=O) groups is 2. The molecule has 0 atom stereocenters. The number of nitrogens with zero attached hydrogens (tertiary/aromatic N) is 3. The predicted molar refractivity (Wildman–Crippen MR) is 99.5 cm³/mol. The van der Waals surface area contributed by atoms with Gasteiger partial charge in [-0.05, 0) is 12.1 Å².